The summed E-state index contributed by atoms with van der Waals surface area (Å²) >= 11 is 0. The van der Waals surface area contributed by atoms with Gasteiger partial charge >= 0.3 is 5.97 Å². The minimum absolute atomic E-state index is 0.235. The highest BCUT2D eigenvalue weighted by Gasteiger charge is 2.15. The number of benzene rings is 1. The minimum atomic E-state index is -0.314. The highest BCUT2D eigenvalue weighted by molar-refractivity contribution is 5.89. The molecular formula is C20H27NO3. The average Bonchev–Trinajstić information content (AvgIpc) is 3.02. The predicted octanol–water partition coefficient (Wildman–Crippen LogP) is 5.01. The molecule has 0 aliphatic carbocycles. The van der Waals surface area contributed by atoms with Gasteiger partial charge in [0.2, 0.25) is 0 Å². The van der Waals surface area contributed by atoms with Gasteiger partial charge in [0, 0.05) is 18.3 Å². The van der Waals surface area contributed by atoms with Gasteiger partial charge in [0.05, 0.1) is 7.11 Å². The lowest BCUT2D eigenvalue weighted by Gasteiger charge is -2.07. The topological polar surface area (TPSA) is 51.5 Å². The van der Waals surface area contributed by atoms with Gasteiger partial charge in [-0.1, -0.05) is 51.2 Å². The number of hydrogen-bond donors (Lipinski definition) is 1. The molecule has 24 heavy (non-hydrogen) atoms. The summed E-state index contributed by atoms with van der Waals surface area (Å²) in [7, 11) is 1.41. The number of unbranched alkanes of at least 4 members (excludes halogenated alkanes) is 5. The van der Waals surface area contributed by atoms with Gasteiger partial charge < -0.3 is 14.4 Å². The van der Waals surface area contributed by atoms with E-state index in [2.05, 4.69) is 6.92 Å². The van der Waals surface area contributed by atoms with E-state index in [1.54, 1.807) is 12.1 Å². The summed E-state index contributed by atoms with van der Waals surface area (Å²) in [6, 6.07) is 8.85. The van der Waals surface area contributed by atoms with Crippen LogP contribution in [0.1, 0.15) is 55.9 Å². The van der Waals surface area contributed by atoms with E-state index < -0.39 is 0 Å². The zero-order valence-electron chi connectivity index (χ0n) is 14.6. The second kappa shape index (κ2) is 9.16. The number of ether oxygens (including phenoxy) is 1. The number of nitrogens with zero attached hydrogens (tertiary/aromatic N) is 1. The molecule has 0 bridgehead atoms. The highest BCUT2D eigenvalue weighted by Crippen LogP contribution is 2.25. The molecule has 1 aromatic carbocycles. The Bertz CT molecular complexity index is 643. The largest absolute Gasteiger partial charge is 0.508 e. The van der Waals surface area contributed by atoms with Crippen molar-refractivity contribution in [2.75, 3.05) is 7.11 Å². The number of carbonyl (C=O) groups is 1. The summed E-state index contributed by atoms with van der Waals surface area (Å²) in [4.78, 5) is 12.0. The molecule has 0 amide bonds. The number of esters is 1. The van der Waals surface area contributed by atoms with Crippen molar-refractivity contribution in [1.29, 1.82) is 0 Å². The number of carbonyl (C=O) groups excluding carboxylic acids is 1. The molecule has 0 aliphatic rings. The molecule has 0 fully saturated rings. The van der Waals surface area contributed by atoms with Gasteiger partial charge in [-0.2, -0.15) is 0 Å². The number of hydrogen-bond acceptors (Lipinski definition) is 3. The van der Waals surface area contributed by atoms with E-state index in [9.17, 15) is 9.90 Å². The van der Waals surface area contributed by atoms with Crippen molar-refractivity contribution in [2.45, 2.75) is 52.0 Å². The van der Waals surface area contributed by atoms with Crippen molar-refractivity contribution in [2.24, 2.45) is 0 Å². The summed E-state index contributed by atoms with van der Waals surface area (Å²) in [6.07, 6.45) is 9.29. The molecule has 0 unspecified atom stereocenters. The predicted molar refractivity (Wildman–Crippen MR) is 96.2 cm³/mol. The quantitative estimate of drug-likeness (QED) is 0.520. The maximum Gasteiger partial charge on any atom is 0.354 e. The molecule has 0 saturated carbocycles. The number of methoxy groups -OCH3 is 1. The van der Waals surface area contributed by atoms with Gasteiger partial charge in [-0.05, 0) is 30.2 Å². The van der Waals surface area contributed by atoms with E-state index in [4.69, 9.17) is 4.74 Å². The number of aromatic hydroxyl groups is 1. The van der Waals surface area contributed by atoms with Gasteiger partial charge in [-0.15, -0.1) is 0 Å². The molecule has 1 heterocycles. The monoisotopic (exact) mass is 329 g/mol. The number of aromatic nitrogens is 1. The molecule has 0 spiro atoms. The Kier molecular flexibility index (Phi) is 6.91. The van der Waals surface area contributed by atoms with Crippen molar-refractivity contribution in [3.05, 3.63) is 42.2 Å². The lowest BCUT2D eigenvalue weighted by Crippen LogP contribution is -2.10. The number of aryl methyl sites for hydroxylation is 1. The van der Waals surface area contributed by atoms with Crippen LogP contribution in [0, 0.1) is 0 Å². The molecule has 2 rings (SSSR count). The Balaban J connectivity index is 2.07. The van der Waals surface area contributed by atoms with Crippen LogP contribution in [0.15, 0.2) is 36.5 Å². The first-order valence-electron chi connectivity index (χ1n) is 8.73. The van der Waals surface area contributed by atoms with Crippen molar-refractivity contribution < 1.29 is 14.6 Å². The Labute approximate surface area is 144 Å². The Morgan fingerprint density at radius 2 is 1.71 bits per heavy atom. The molecule has 0 radical (unpaired) electrons. The first kappa shape index (κ1) is 18.1. The summed E-state index contributed by atoms with van der Waals surface area (Å²) in [6.45, 7) is 3.03. The SMILES string of the molecule is CCCCCCCCn1cc(-c2ccc(O)cc2)cc1C(=O)OC. The van der Waals surface area contributed by atoms with Crippen LogP contribution in [-0.4, -0.2) is 22.8 Å². The van der Waals surface area contributed by atoms with Crippen molar-refractivity contribution in [1.82, 2.24) is 4.57 Å². The molecule has 4 heteroatoms. The third-order valence-electron chi connectivity index (χ3n) is 4.24. The van der Waals surface area contributed by atoms with Crippen LogP contribution >= 0.6 is 0 Å². The van der Waals surface area contributed by atoms with Crippen LogP contribution in [0.3, 0.4) is 0 Å². The lowest BCUT2D eigenvalue weighted by molar-refractivity contribution is 0.0588. The highest BCUT2D eigenvalue weighted by atomic mass is 16.5. The van der Waals surface area contributed by atoms with Gasteiger partial charge in [-0.25, -0.2) is 4.79 Å². The smallest absolute Gasteiger partial charge is 0.354 e. The van der Waals surface area contributed by atoms with Crippen molar-refractivity contribution >= 4 is 5.97 Å². The van der Waals surface area contributed by atoms with Gasteiger partial charge in [0.1, 0.15) is 11.4 Å². The second-order valence-corrected chi connectivity index (χ2v) is 6.11. The molecular weight excluding hydrogens is 302 g/mol. The van der Waals surface area contributed by atoms with Crippen molar-refractivity contribution in [3.8, 4) is 16.9 Å². The third kappa shape index (κ3) is 4.88. The maximum atomic E-state index is 12.0. The molecule has 0 saturated heterocycles. The van der Waals surface area contributed by atoms with E-state index in [1.807, 2.05) is 29.0 Å². The Morgan fingerprint density at radius 1 is 1.04 bits per heavy atom. The first-order valence-corrected chi connectivity index (χ1v) is 8.73. The van der Waals surface area contributed by atoms with Crippen LogP contribution < -0.4 is 0 Å². The number of phenolic OH excluding ortho intramolecular Hbond substituents is 1. The van der Waals surface area contributed by atoms with Crippen molar-refractivity contribution in [3.63, 3.8) is 0 Å². The lowest BCUT2D eigenvalue weighted by atomic mass is 10.1. The fourth-order valence-corrected chi connectivity index (χ4v) is 2.84. The second-order valence-electron chi connectivity index (χ2n) is 6.11. The molecule has 0 atom stereocenters. The normalized spacial score (nSPS) is 10.8. The molecule has 1 N–H and O–H groups in total. The number of rotatable bonds is 9. The Morgan fingerprint density at radius 3 is 2.38 bits per heavy atom. The van der Waals surface area contributed by atoms with Crippen LogP contribution in [-0.2, 0) is 11.3 Å². The van der Waals surface area contributed by atoms with Gasteiger partial charge in [0.15, 0.2) is 0 Å². The standard InChI is InChI=1S/C20H27NO3/c1-3-4-5-6-7-8-13-21-15-17(14-19(21)20(23)24-2)16-9-11-18(22)12-10-16/h9-12,14-15,22H,3-8,13H2,1-2H3. The van der Waals surface area contributed by atoms with E-state index in [-0.39, 0.29) is 11.7 Å². The van der Waals surface area contributed by atoms with Crippen LogP contribution in [0.5, 0.6) is 5.75 Å². The van der Waals surface area contributed by atoms with Gasteiger partial charge in [0.25, 0.3) is 0 Å². The van der Waals surface area contributed by atoms with Crippen LogP contribution in [0.2, 0.25) is 0 Å². The summed E-state index contributed by atoms with van der Waals surface area (Å²) < 4.78 is 6.88. The van der Waals surface area contributed by atoms with E-state index >= 15 is 0 Å². The fraction of sp³-hybridized carbons (Fsp3) is 0.450. The number of phenols is 1. The zero-order chi connectivity index (χ0) is 17.4. The zero-order valence-corrected chi connectivity index (χ0v) is 14.6. The molecule has 130 valence electrons. The molecule has 1 aromatic heterocycles. The van der Waals surface area contributed by atoms with E-state index in [1.165, 1.54) is 39.2 Å². The van der Waals surface area contributed by atoms with Crippen LogP contribution in [0.4, 0.5) is 0 Å². The first-order chi connectivity index (χ1) is 11.7. The summed E-state index contributed by atoms with van der Waals surface area (Å²) in [5, 5.41) is 9.42. The summed E-state index contributed by atoms with van der Waals surface area (Å²) in [5.74, 6) is -0.0792. The Hall–Kier alpha value is -2.23. The fourth-order valence-electron chi connectivity index (χ4n) is 2.84. The minimum Gasteiger partial charge on any atom is -0.508 e. The average molecular weight is 329 g/mol. The van der Waals surface area contributed by atoms with E-state index in [0.29, 0.717) is 5.69 Å². The van der Waals surface area contributed by atoms with Gasteiger partial charge in [-0.3, -0.25) is 0 Å². The maximum absolute atomic E-state index is 12.0. The third-order valence-corrected chi connectivity index (χ3v) is 4.24. The molecule has 4 nitrogen and oxygen atoms in total. The molecule has 0 aliphatic heterocycles. The molecule has 2 aromatic rings. The van der Waals surface area contributed by atoms with Crippen LogP contribution in [0.25, 0.3) is 11.1 Å². The van der Waals surface area contributed by atoms with E-state index in [0.717, 1.165) is 24.1 Å². The summed E-state index contributed by atoms with van der Waals surface area (Å²) in [5.41, 5.74) is 2.51.